The number of unbranched alkanes of at least 4 members (excludes halogenated alkanes) is 2. The van der Waals surface area contributed by atoms with Crippen LogP contribution in [0, 0.1) is 11.8 Å². The molecule has 1 aliphatic rings. The van der Waals surface area contributed by atoms with Gasteiger partial charge in [-0.15, -0.1) is 0 Å². The average molecular weight is 826 g/mol. The van der Waals surface area contributed by atoms with Crippen LogP contribution in [0.4, 0.5) is 4.79 Å². The molecule has 0 spiro atoms. The summed E-state index contributed by atoms with van der Waals surface area (Å²) < 4.78 is 54.5. The molecule has 3 amide bonds. The van der Waals surface area contributed by atoms with E-state index in [1.54, 1.807) is 0 Å². The van der Waals surface area contributed by atoms with Crippen LogP contribution < -0.4 is 16.0 Å². The van der Waals surface area contributed by atoms with Gasteiger partial charge in [-0.25, -0.2) is 4.79 Å². The van der Waals surface area contributed by atoms with Crippen LogP contribution >= 0.6 is 0 Å². The Kier molecular flexibility index (Phi) is 33.6. The van der Waals surface area contributed by atoms with Gasteiger partial charge in [0.15, 0.2) is 0 Å². The van der Waals surface area contributed by atoms with Crippen molar-refractivity contribution in [3.63, 3.8) is 0 Å². The Hall–Kier alpha value is -2.56. The molecule has 1 saturated heterocycles. The Labute approximate surface area is 337 Å². The lowest BCUT2D eigenvalue weighted by atomic mass is 9.83. The fourth-order valence-corrected chi connectivity index (χ4v) is 5.36. The van der Waals surface area contributed by atoms with Gasteiger partial charge in [0.05, 0.1) is 143 Å². The third-order valence-corrected chi connectivity index (χ3v) is 8.25. The third kappa shape index (κ3) is 29.3. The fourth-order valence-electron chi connectivity index (χ4n) is 5.36. The summed E-state index contributed by atoms with van der Waals surface area (Å²) in [5, 5.41) is 28.0. The number of aliphatic hydroxyl groups is 2. The molecule has 334 valence electrons. The second-order valence-corrected chi connectivity index (χ2v) is 13.6. The number of rotatable bonds is 38. The maximum atomic E-state index is 11.9. The topological polar surface area (TPSA) is 237 Å². The van der Waals surface area contributed by atoms with Crippen molar-refractivity contribution in [2.75, 3.05) is 132 Å². The molecule has 0 aromatic rings. The van der Waals surface area contributed by atoms with Gasteiger partial charge in [0.1, 0.15) is 12.4 Å². The van der Waals surface area contributed by atoms with Gasteiger partial charge >= 0.3 is 12.0 Å². The highest BCUT2D eigenvalue weighted by Gasteiger charge is 2.44. The maximum absolute atomic E-state index is 11.9. The van der Waals surface area contributed by atoms with Gasteiger partial charge in [-0.05, 0) is 18.8 Å². The van der Waals surface area contributed by atoms with Crippen molar-refractivity contribution in [2.45, 2.75) is 77.2 Å². The zero-order valence-electron chi connectivity index (χ0n) is 34.3. The van der Waals surface area contributed by atoms with Crippen molar-refractivity contribution in [3.05, 3.63) is 0 Å². The van der Waals surface area contributed by atoms with Gasteiger partial charge in [-0.3, -0.25) is 9.59 Å². The summed E-state index contributed by atoms with van der Waals surface area (Å²) >= 11 is 0. The Balaban J connectivity index is 1.81. The van der Waals surface area contributed by atoms with Gasteiger partial charge in [-0.2, -0.15) is 0 Å². The number of ether oxygens (including phenoxy) is 10. The summed E-state index contributed by atoms with van der Waals surface area (Å²) in [6.07, 6.45) is 1.23. The fraction of sp³-hybridized carbons (Fsp3) is 0.895. The summed E-state index contributed by atoms with van der Waals surface area (Å²) in [5.41, 5.74) is 0. The van der Waals surface area contributed by atoms with Crippen LogP contribution in [0.2, 0.25) is 0 Å². The summed E-state index contributed by atoms with van der Waals surface area (Å²) in [4.78, 5) is 46.6. The van der Waals surface area contributed by atoms with Crippen LogP contribution in [0.15, 0.2) is 0 Å². The zero-order chi connectivity index (χ0) is 41.8. The number of aliphatic hydroxyl groups excluding tert-OH is 2. The van der Waals surface area contributed by atoms with Crippen LogP contribution in [0.1, 0.15) is 52.9 Å². The first-order valence-electron chi connectivity index (χ1n) is 20.2. The Morgan fingerprint density at radius 1 is 0.667 bits per heavy atom. The van der Waals surface area contributed by atoms with Crippen LogP contribution in [0.3, 0.4) is 0 Å². The van der Waals surface area contributed by atoms with E-state index in [0.29, 0.717) is 144 Å². The first-order chi connectivity index (χ1) is 27.7. The molecule has 1 aliphatic heterocycles. The zero-order valence-corrected chi connectivity index (χ0v) is 34.3. The number of nitrogens with one attached hydrogen (secondary N) is 3. The Morgan fingerprint density at radius 2 is 1.14 bits per heavy atom. The molecule has 19 heteroatoms. The minimum Gasteiger partial charge on any atom is -0.465 e. The quantitative estimate of drug-likeness (QED) is 0.0313. The normalized spacial score (nSPS) is 19.4. The lowest BCUT2D eigenvalue weighted by Gasteiger charge is -2.43. The summed E-state index contributed by atoms with van der Waals surface area (Å²) in [6, 6.07) is -0.966. The van der Waals surface area contributed by atoms with Gasteiger partial charge in [-0.1, -0.05) is 26.7 Å². The maximum Gasteiger partial charge on any atom is 0.314 e. The molecular weight excluding hydrogens is 754 g/mol. The molecule has 1 heterocycles. The van der Waals surface area contributed by atoms with Crippen molar-refractivity contribution in [3.8, 4) is 0 Å². The van der Waals surface area contributed by atoms with Crippen LogP contribution in [-0.2, 0) is 61.8 Å². The lowest BCUT2D eigenvalue weighted by molar-refractivity contribution is -0.176. The first kappa shape index (κ1) is 52.5. The molecule has 57 heavy (non-hydrogen) atoms. The largest absolute Gasteiger partial charge is 0.465 e. The van der Waals surface area contributed by atoms with Gasteiger partial charge < -0.3 is 78.3 Å². The number of esters is 1. The monoisotopic (exact) mass is 825 g/mol. The van der Waals surface area contributed by atoms with E-state index < -0.39 is 36.9 Å². The van der Waals surface area contributed by atoms with Gasteiger partial charge in [0.25, 0.3) is 0 Å². The number of carbonyl (C=O) groups is 4. The van der Waals surface area contributed by atoms with E-state index in [1.165, 1.54) is 6.92 Å². The molecule has 1 fully saturated rings. The highest BCUT2D eigenvalue weighted by atomic mass is 16.6. The smallest absolute Gasteiger partial charge is 0.314 e. The predicted molar refractivity (Wildman–Crippen MR) is 206 cm³/mol. The second kappa shape index (κ2) is 36.5. The van der Waals surface area contributed by atoms with Crippen molar-refractivity contribution < 1.29 is 76.8 Å². The van der Waals surface area contributed by atoms with Crippen molar-refractivity contribution in [1.82, 2.24) is 16.0 Å². The molecule has 0 unspecified atom stereocenters. The highest BCUT2D eigenvalue weighted by Crippen LogP contribution is 2.28. The van der Waals surface area contributed by atoms with E-state index in [0.717, 1.165) is 19.3 Å². The lowest BCUT2D eigenvalue weighted by Crippen LogP contribution is -2.61. The highest BCUT2D eigenvalue weighted by molar-refractivity contribution is 5.74. The van der Waals surface area contributed by atoms with Crippen LogP contribution in [0.25, 0.3) is 0 Å². The van der Waals surface area contributed by atoms with E-state index in [2.05, 4.69) is 16.0 Å². The van der Waals surface area contributed by atoms with E-state index in [-0.39, 0.29) is 24.3 Å². The van der Waals surface area contributed by atoms with E-state index in [9.17, 15) is 29.4 Å². The molecule has 19 nitrogen and oxygen atoms in total. The molecule has 1 rings (SSSR count). The van der Waals surface area contributed by atoms with E-state index in [4.69, 9.17) is 47.4 Å². The number of carbonyl (C=O) groups excluding carboxylic acids is 4. The van der Waals surface area contributed by atoms with E-state index >= 15 is 0 Å². The molecule has 0 bridgehead atoms. The standard InChI is InChI=1S/C38H71N3O16/c1-30(2)29-56-35(45)8-12-49-16-19-52-21-23-54-25-26-55-24-22-53-20-18-51-14-10-40-38(47)39-9-13-50-17-15-48-11-6-4-5-7-33-36(41-31(3)44)32(27-42)37(46)34(28-43)57-33/h27,30,32-34,36-37,43,46H,4-26,28-29H2,1-3H3,(H,41,44)(H2,39,40,47)/t32-,33-,34-,36-,37-/m1/s1. The van der Waals surface area contributed by atoms with Crippen LogP contribution in [0.5, 0.6) is 0 Å². The van der Waals surface area contributed by atoms with Crippen molar-refractivity contribution in [2.24, 2.45) is 11.8 Å². The molecule has 5 atom stereocenters. The second-order valence-electron chi connectivity index (χ2n) is 13.6. The molecule has 0 aromatic heterocycles. The minimum atomic E-state index is -1.19. The number of hydrogen-bond acceptors (Lipinski definition) is 16. The molecule has 5 N–H and O–H groups in total. The molecular formula is C38H71N3O16. The SMILES string of the molecule is CC(=O)N[C@@H]1[C@@H](C=O)[C@@H](O)[C@@H](CO)O[C@@H]1CCCCCOCCOCCNC(=O)NCCOCCOCCOCCOCCOCCOCCC(=O)OCC(C)C. The van der Waals surface area contributed by atoms with Crippen molar-refractivity contribution in [1.29, 1.82) is 0 Å². The third-order valence-electron chi connectivity index (χ3n) is 8.25. The van der Waals surface area contributed by atoms with E-state index in [1.807, 2.05) is 13.8 Å². The van der Waals surface area contributed by atoms with Crippen molar-refractivity contribution >= 4 is 24.2 Å². The summed E-state index contributed by atoms with van der Waals surface area (Å²) in [6.45, 7) is 12.7. The number of hydrogen-bond donors (Lipinski definition) is 5. The average Bonchev–Trinajstić information content (AvgIpc) is 3.18. The number of urea groups is 1. The van der Waals surface area contributed by atoms with Gasteiger partial charge in [0, 0.05) is 26.6 Å². The number of aldehydes is 1. The Bertz CT molecular complexity index is 1010. The first-order valence-corrected chi connectivity index (χ1v) is 20.2. The van der Waals surface area contributed by atoms with Gasteiger partial charge in [0.2, 0.25) is 5.91 Å². The molecule has 0 aromatic carbocycles. The number of amides is 3. The predicted octanol–water partition coefficient (Wildman–Crippen LogP) is 0.00850. The molecule has 0 saturated carbocycles. The summed E-state index contributed by atoms with van der Waals surface area (Å²) in [5.74, 6) is -1.11. The summed E-state index contributed by atoms with van der Waals surface area (Å²) in [7, 11) is 0. The minimum absolute atomic E-state index is 0.237. The Morgan fingerprint density at radius 3 is 1.60 bits per heavy atom. The molecule has 0 radical (unpaired) electrons. The van der Waals surface area contributed by atoms with Crippen LogP contribution in [-0.4, -0.2) is 191 Å². The molecule has 0 aliphatic carbocycles.